The Morgan fingerprint density at radius 3 is 2.81 bits per heavy atom. The molecule has 1 aromatic carbocycles. The summed E-state index contributed by atoms with van der Waals surface area (Å²) in [5.74, 6) is -0.177. The van der Waals surface area contributed by atoms with Crippen molar-refractivity contribution >= 4 is 29.1 Å². The van der Waals surface area contributed by atoms with Gasteiger partial charge in [-0.2, -0.15) is 0 Å². The number of amides is 1. The van der Waals surface area contributed by atoms with Crippen molar-refractivity contribution in [3.8, 4) is 0 Å². The van der Waals surface area contributed by atoms with Crippen LogP contribution in [-0.2, 0) is 0 Å². The molecule has 0 saturated carbocycles. The average Bonchev–Trinajstić information content (AvgIpc) is 2.68. The van der Waals surface area contributed by atoms with Gasteiger partial charge in [0.1, 0.15) is 0 Å². The number of carbonyl (C=O) groups is 1. The van der Waals surface area contributed by atoms with E-state index in [4.69, 9.17) is 23.2 Å². The van der Waals surface area contributed by atoms with E-state index in [1.165, 1.54) is 0 Å². The van der Waals surface area contributed by atoms with Crippen LogP contribution in [0.3, 0.4) is 0 Å². The smallest absolute Gasteiger partial charge is 0.255 e. The van der Waals surface area contributed by atoms with Crippen molar-refractivity contribution in [2.45, 2.75) is 12.5 Å². The molecule has 0 aromatic heterocycles. The zero-order chi connectivity index (χ0) is 11.7. The number of halogens is 2. The van der Waals surface area contributed by atoms with Gasteiger partial charge in [0.25, 0.3) is 5.91 Å². The number of β-amino-alcohol motifs (C(OH)–C–C–N with tert-alkyl or cyclic N) is 1. The van der Waals surface area contributed by atoms with E-state index >= 15 is 0 Å². The van der Waals surface area contributed by atoms with Gasteiger partial charge in [-0.25, -0.2) is 0 Å². The van der Waals surface area contributed by atoms with Crippen molar-refractivity contribution < 1.29 is 9.90 Å². The van der Waals surface area contributed by atoms with Gasteiger partial charge in [-0.15, -0.1) is 0 Å². The maximum Gasteiger partial charge on any atom is 0.255 e. The van der Waals surface area contributed by atoms with Gasteiger partial charge in [-0.3, -0.25) is 4.79 Å². The Hall–Kier alpha value is -0.770. The van der Waals surface area contributed by atoms with Crippen LogP contribution in [0.1, 0.15) is 16.8 Å². The lowest BCUT2D eigenvalue weighted by Crippen LogP contribution is -2.29. The van der Waals surface area contributed by atoms with Crippen LogP contribution in [0.25, 0.3) is 0 Å². The topological polar surface area (TPSA) is 40.5 Å². The third-order valence-corrected chi connectivity index (χ3v) is 3.45. The summed E-state index contributed by atoms with van der Waals surface area (Å²) in [5, 5.41) is 10.0. The molecule has 1 atom stereocenters. The summed E-state index contributed by atoms with van der Waals surface area (Å²) in [6, 6.07) is 4.97. The molecule has 3 nitrogen and oxygen atoms in total. The van der Waals surface area contributed by atoms with Crippen LogP contribution in [0.5, 0.6) is 0 Å². The first-order valence-corrected chi connectivity index (χ1v) is 5.76. The Morgan fingerprint density at radius 1 is 1.44 bits per heavy atom. The molecular formula is C11H11Cl2NO2. The molecule has 1 amide bonds. The predicted octanol–water partition coefficient (Wildman–Crippen LogP) is 2.20. The highest BCUT2D eigenvalue weighted by Crippen LogP contribution is 2.27. The van der Waals surface area contributed by atoms with Gasteiger partial charge in [0.05, 0.1) is 21.7 Å². The molecule has 1 N–H and O–H groups in total. The number of hydrogen-bond acceptors (Lipinski definition) is 2. The number of rotatable bonds is 1. The minimum Gasteiger partial charge on any atom is -0.391 e. The van der Waals surface area contributed by atoms with Crippen LogP contribution in [0.2, 0.25) is 10.0 Å². The Morgan fingerprint density at radius 2 is 2.19 bits per heavy atom. The van der Waals surface area contributed by atoms with Crippen molar-refractivity contribution in [2.24, 2.45) is 0 Å². The van der Waals surface area contributed by atoms with Crippen molar-refractivity contribution in [2.75, 3.05) is 13.1 Å². The molecule has 1 fully saturated rings. The van der Waals surface area contributed by atoms with E-state index in [2.05, 4.69) is 0 Å². The van der Waals surface area contributed by atoms with E-state index in [1.807, 2.05) is 0 Å². The molecule has 1 aliphatic rings. The van der Waals surface area contributed by atoms with Gasteiger partial charge in [0, 0.05) is 13.1 Å². The summed E-state index contributed by atoms with van der Waals surface area (Å²) in [4.78, 5) is 13.6. The highest BCUT2D eigenvalue weighted by Gasteiger charge is 2.26. The van der Waals surface area contributed by atoms with Crippen LogP contribution >= 0.6 is 23.2 Å². The first-order chi connectivity index (χ1) is 7.59. The Labute approximate surface area is 104 Å². The minimum absolute atomic E-state index is 0.177. The second-order valence-electron chi connectivity index (χ2n) is 3.80. The molecule has 1 aliphatic heterocycles. The zero-order valence-electron chi connectivity index (χ0n) is 8.49. The van der Waals surface area contributed by atoms with Gasteiger partial charge in [0.15, 0.2) is 0 Å². The lowest BCUT2D eigenvalue weighted by atomic mass is 10.2. The number of hydrogen-bond donors (Lipinski definition) is 1. The van der Waals surface area contributed by atoms with E-state index in [-0.39, 0.29) is 10.9 Å². The molecule has 0 aliphatic carbocycles. The van der Waals surface area contributed by atoms with Crippen LogP contribution in [-0.4, -0.2) is 35.1 Å². The largest absolute Gasteiger partial charge is 0.391 e. The van der Waals surface area contributed by atoms with Crippen molar-refractivity contribution in [3.63, 3.8) is 0 Å². The number of carbonyl (C=O) groups excluding carboxylic acids is 1. The normalized spacial score (nSPS) is 20.2. The second kappa shape index (κ2) is 4.62. The molecule has 5 heteroatoms. The van der Waals surface area contributed by atoms with Crippen molar-refractivity contribution in [3.05, 3.63) is 33.8 Å². The van der Waals surface area contributed by atoms with Crippen LogP contribution < -0.4 is 0 Å². The van der Waals surface area contributed by atoms with Gasteiger partial charge < -0.3 is 10.0 Å². The highest BCUT2D eigenvalue weighted by molar-refractivity contribution is 6.43. The van der Waals surface area contributed by atoms with E-state index in [1.54, 1.807) is 23.1 Å². The second-order valence-corrected chi connectivity index (χ2v) is 4.58. The molecule has 16 heavy (non-hydrogen) atoms. The molecule has 0 bridgehead atoms. The summed E-state index contributed by atoms with van der Waals surface area (Å²) in [5.41, 5.74) is 0.392. The minimum atomic E-state index is -0.429. The van der Waals surface area contributed by atoms with E-state index in [0.29, 0.717) is 30.1 Å². The van der Waals surface area contributed by atoms with Gasteiger partial charge in [-0.05, 0) is 18.6 Å². The van der Waals surface area contributed by atoms with Crippen LogP contribution in [0.4, 0.5) is 0 Å². The molecular weight excluding hydrogens is 249 g/mol. The Balaban J connectivity index is 2.24. The van der Waals surface area contributed by atoms with E-state index in [0.717, 1.165) is 0 Å². The van der Waals surface area contributed by atoms with E-state index in [9.17, 15) is 9.90 Å². The molecule has 2 rings (SSSR count). The third-order valence-electron chi connectivity index (χ3n) is 2.63. The van der Waals surface area contributed by atoms with Gasteiger partial charge in [0.2, 0.25) is 0 Å². The lowest BCUT2D eigenvalue weighted by Gasteiger charge is -2.16. The molecule has 0 radical (unpaired) electrons. The monoisotopic (exact) mass is 259 g/mol. The first-order valence-electron chi connectivity index (χ1n) is 5.01. The van der Waals surface area contributed by atoms with Crippen molar-refractivity contribution in [1.82, 2.24) is 4.90 Å². The van der Waals surface area contributed by atoms with Gasteiger partial charge in [-0.1, -0.05) is 29.3 Å². The molecule has 1 saturated heterocycles. The SMILES string of the molecule is O=C(c1cccc(Cl)c1Cl)N1CC[C@@H](O)C1. The number of nitrogens with zero attached hydrogens (tertiary/aromatic N) is 1. The fourth-order valence-electron chi connectivity index (χ4n) is 1.77. The molecule has 1 heterocycles. The fourth-order valence-corrected chi connectivity index (χ4v) is 2.15. The molecule has 0 unspecified atom stereocenters. The number of benzene rings is 1. The lowest BCUT2D eigenvalue weighted by molar-refractivity contribution is 0.0765. The standard InChI is InChI=1S/C11H11Cl2NO2/c12-9-3-1-2-8(10(9)13)11(16)14-5-4-7(15)6-14/h1-3,7,15H,4-6H2/t7-/m1/s1. The molecule has 1 aromatic rings. The van der Waals surface area contributed by atoms with Crippen LogP contribution in [0, 0.1) is 0 Å². The summed E-state index contributed by atoms with van der Waals surface area (Å²) >= 11 is 11.8. The molecule has 0 spiro atoms. The predicted molar refractivity (Wildman–Crippen MR) is 63.0 cm³/mol. The van der Waals surface area contributed by atoms with Crippen LogP contribution in [0.15, 0.2) is 18.2 Å². The zero-order valence-corrected chi connectivity index (χ0v) is 10.0. The Bertz CT molecular complexity index is 422. The quantitative estimate of drug-likeness (QED) is 0.840. The number of likely N-dealkylation sites (tertiary alicyclic amines) is 1. The number of aliphatic hydroxyl groups is 1. The summed E-state index contributed by atoms with van der Waals surface area (Å²) in [7, 11) is 0. The molecule has 86 valence electrons. The van der Waals surface area contributed by atoms with E-state index < -0.39 is 6.10 Å². The summed E-state index contributed by atoms with van der Waals surface area (Å²) in [6.45, 7) is 0.921. The van der Waals surface area contributed by atoms with Gasteiger partial charge >= 0.3 is 0 Å². The maximum atomic E-state index is 12.0. The number of aliphatic hydroxyl groups excluding tert-OH is 1. The highest BCUT2D eigenvalue weighted by atomic mass is 35.5. The fraction of sp³-hybridized carbons (Fsp3) is 0.364. The third kappa shape index (κ3) is 2.17. The van der Waals surface area contributed by atoms with Crippen molar-refractivity contribution in [1.29, 1.82) is 0 Å². The first kappa shape index (κ1) is 11.7. The summed E-state index contributed by atoms with van der Waals surface area (Å²) in [6.07, 6.45) is 0.186. The Kier molecular flexibility index (Phi) is 3.38. The maximum absolute atomic E-state index is 12.0. The average molecular weight is 260 g/mol. The summed E-state index contributed by atoms with van der Waals surface area (Å²) < 4.78 is 0.